The molecule has 28 heavy (non-hydrogen) atoms. The zero-order chi connectivity index (χ0) is 19.1. The van der Waals surface area contributed by atoms with Crippen LogP contribution in [0.2, 0.25) is 0 Å². The Morgan fingerprint density at radius 2 is 2.14 bits per heavy atom. The first-order valence-corrected chi connectivity index (χ1v) is 9.82. The van der Waals surface area contributed by atoms with Crippen LogP contribution in [0.25, 0.3) is 10.9 Å². The summed E-state index contributed by atoms with van der Waals surface area (Å²) in [7, 11) is 0. The van der Waals surface area contributed by atoms with Gasteiger partial charge in [-0.15, -0.1) is 0 Å². The van der Waals surface area contributed by atoms with Gasteiger partial charge in [0.1, 0.15) is 5.75 Å². The summed E-state index contributed by atoms with van der Waals surface area (Å²) in [5, 5.41) is 21.2. The third-order valence-corrected chi connectivity index (χ3v) is 5.89. The van der Waals surface area contributed by atoms with E-state index < -0.39 is 0 Å². The second kappa shape index (κ2) is 6.95. The van der Waals surface area contributed by atoms with Crippen molar-refractivity contribution in [1.29, 1.82) is 0 Å². The third kappa shape index (κ3) is 3.14. The minimum atomic E-state index is -0.265. The topological polar surface area (TPSA) is 87.2 Å². The Hall–Kier alpha value is -2.86. The molecule has 2 heterocycles. The summed E-state index contributed by atoms with van der Waals surface area (Å²) in [6.45, 7) is 0.713. The molecule has 0 spiro atoms. The van der Waals surface area contributed by atoms with Gasteiger partial charge in [0, 0.05) is 11.8 Å². The summed E-state index contributed by atoms with van der Waals surface area (Å²) >= 11 is 0. The molecule has 3 aromatic rings. The van der Waals surface area contributed by atoms with Crippen LogP contribution in [0.3, 0.4) is 0 Å². The number of aromatic nitrogens is 2. The van der Waals surface area contributed by atoms with Crippen LogP contribution >= 0.6 is 0 Å². The largest absolute Gasteiger partial charge is 0.493 e. The number of aliphatic hydroxyl groups excluding tert-OH is 1. The number of amides is 1. The minimum absolute atomic E-state index is 0.0439. The SMILES string of the molecule is O=C(Cc1[nH]nc2ccccc12)NC(c1ccc2c(c1)CCO2)C1CC(O)C1. The zero-order valence-electron chi connectivity index (χ0n) is 15.5. The van der Waals surface area contributed by atoms with Crippen LogP contribution in [0.15, 0.2) is 42.5 Å². The lowest BCUT2D eigenvalue weighted by atomic mass is 9.74. The van der Waals surface area contributed by atoms with E-state index in [0.29, 0.717) is 19.4 Å². The molecule has 144 valence electrons. The summed E-state index contributed by atoms with van der Waals surface area (Å²) in [4.78, 5) is 12.9. The first-order valence-electron chi connectivity index (χ1n) is 9.82. The van der Waals surface area contributed by atoms with Crippen LogP contribution in [0.4, 0.5) is 0 Å². The summed E-state index contributed by atoms with van der Waals surface area (Å²) in [5.74, 6) is 1.14. The Labute approximate surface area is 162 Å². The van der Waals surface area contributed by atoms with Gasteiger partial charge in [-0.2, -0.15) is 5.10 Å². The molecule has 1 saturated carbocycles. The van der Waals surface area contributed by atoms with Crippen molar-refractivity contribution in [3.05, 3.63) is 59.3 Å². The fourth-order valence-corrected chi connectivity index (χ4v) is 4.31. The molecular formula is C22H23N3O3. The molecule has 3 N–H and O–H groups in total. The summed E-state index contributed by atoms with van der Waals surface area (Å²) < 4.78 is 5.60. The van der Waals surface area contributed by atoms with Crippen molar-refractivity contribution < 1.29 is 14.6 Å². The van der Waals surface area contributed by atoms with Crippen molar-refractivity contribution >= 4 is 16.8 Å². The number of aromatic amines is 1. The number of ether oxygens (including phenoxy) is 1. The van der Waals surface area contributed by atoms with Gasteiger partial charge in [-0.3, -0.25) is 9.89 Å². The molecule has 5 rings (SSSR count). The van der Waals surface area contributed by atoms with E-state index in [4.69, 9.17) is 4.74 Å². The molecule has 1 aliphatic carbocycles. The Bertz CT molecular complexity index is 1020. The van der Waals surface area contributed by atoms with Crippen molar-refractivity contribution in [2.24, 2.45) is 5.92 Å². The predicted molar refractivity (Wildman–Crippen MR) is 105 cm³/mol. The molecule has 6 heteroatoms. The number of rotatable bonds is 5. The second-order valence-corrected chi connectivity index (χ2v) is 7.79. The van der Waals surface area contributed by atoms with Gasteiger partial charge >= 0.3 is 0 Å². The van der Waals surface area contributed by atoms with Crippen molar-refractivity contribution in [1.82, 2.24) is 15.5 Å². The van der Waals surface area contributed by atoms with E-state index in [1.165, 1.54) is 5.56 Å². The highest BCUT2D eigenvalue weighted by molar-refractivity contribution is 5.87. The summed E-state index contributed by atoms with van der Waals surface area (Å²) in [6, 6.07) is 13.9. The third-order valence-electron chi connectivity index (χ3n) is 5.89. The van der Waals surface area contributed by atoms with E-state index in [1.807, 2.05) is 36.4 Å². The summed E-state index contributed by atoms with van der Waals surface area (Å²) in [6.07, 6.45) is 2.31. The lowest BCUT2D eigenvalue weighted by molar-refractivity contribution is -0.122. The van der Waals surface area contributed by atoms with Crippen LogP contribution in [0.1, 0.15) is 35.7 Å². The highest BCUT2D eigenvalue weighted by Gasteiger charge is 2.36. The lowest BCUT2D eigenvalue weighted by Crippen LogP contribution is -2.42. The van der Waals surface area contributed by atoms with Crippen molar-refractivity contribution in [3.8, 4) is 5.75 Å². The number of para-hydroxylation sites is 1. The molecule has 0 bridgehead atoms. The monoisotopic (exact) mass is 377 g/mol. The maximum absolute atomic E-state index is 12.9. The number of nitrogens with zero attached hydrogens (tertiary/aromatic N) is 1. The van der Waals surface area contributed by atoms with Gasteiger partial charge in [-0.05, 0) is 48.1 Å². The number of benzene rings is 2. The van der Waals surface area contributed by atoms with Crippen molar-refractivity contribution in [3.63, 3.8) is 0 Å². The Kier molecular flexibility index (Phi) is 4.28. The number of nitrogens with one attached hydrogen (secondary N) is 2. The van der Waals surface area contributed by atoms with Crippen molar-refractivity contribution in [2.45, 2.75) is 37.8 Å². The van der Waals surface area contributed by atoms with E-state index in [0.717, 1.165) is 34.3 Å². The Morgan fingerprint density at radius 3 is 3.00 bits per heavy atom. The standard InChI is InChI=1S/C22H23N3O3/c26-16-10-15(11-16)22(14-5-6-20-13(9-14)7-8-28-20)23-21(27)12-19-17-3-1-2-4-18(17)24-25-19/h1-6,9,15-16,22,26H,7-8,10-12H2,(H,23,27)(H,24,25). The van der Waals surface area contributed by atoms with E-state index in [2.05, 4.69) is 21.6 Å². The van der Waals surface area contributed by atoms with Gasteiger partial charge < -0.3 is 15.2 Å². The van der Waals surface area contributed by atoms with Crippen molar-refractivity contribution in [2.75, 3.05) is 6.61 Å². The average Bonchev–Trinajstić information content (AvgIpc) is 3.30. The van der Waals surface area contributed by atoms with E-state index >= 15 is 0 Å². The molecule has 6 nitrogen and oxygen atoms in total. The fourth-order valence-electron chi connectivity index (χ4n) is 4.31. The van der Waals surface area contributed by atoms with Gasteiger partial charge in [0.25, 0.3) is 0 Å². The van der Waals surface area contributed by atoms with Gasteiger partial charge in [-0.1, -0.05) is 24.3 Å². The molecule has 1 aliphatic heterocycles. The normalized spacial score (nSPS) is 21.6. The van der Waals surface area contributed by atoms with Crippen LogP contribution in [-0.4, -0.2) is 33.9 Å². The molecule has 0 radical (unpaired) electrons. The molecule has 2 aromatic carbocycles. The molecule has 2 aliphatic rings. The molecule has 0 saturated heterocycles. The lowest BCUT2D eigenvalue weighted by Gasteiger charge is -2.38. The number of hydrogen-bond acceptors (Lipinski definition) is 4. The van der Waals surface area contributed by atoms with Crippen LogP contribution in [0, 0.1) is 5.92 Å². The number of fused-ring (bicyclic) bond motifs is 2. The molecule has 1 atom stereocenters. The van der Waals surface area contributed by atoms with E-state index in [9.17, 15) is 9.90 Å². The van der Waals surface area contributed by atoms with Gasteiger partial charge in [0.2, 0.25) is 5.91 Å². The van der Waals surface area contributed by atoms with Crippen LogP contribution in [-0.2, 0) is 17.6 Å². The maximum Gasteiger partial charge on any atom is 0.226 e. The summed E-state index contributed by atoms with van der Waals surface area (Å²) in [5.41, 5.74) is 3.96. The van der Waals surface area contributed by atoms with Gasteiger partial charge in [0.05, 0.1) is 36.4 Å². The van der Waals surface area contributed by atoms with Crippen LogP contribution in [0.5, 0.6) is 5.75 Å². The molecule has 1 aromatic heterocycles. The number of carbonyl (C=O) groups is 1. The number of hydrogen-bond donors (Lipinski definition) is 3. The molecule has 1 amide bonds. The van der Waals surface area contributed by atoms with E-state index in [1.54, 1.807) is 0 Å². The number of H-pyrrole nitrogens is 1. The van der Waals surface area contributed by atoms with Crippen LogP contribution < -0.4 is 10.1 Å². The highest BCUT2D eigenvalue weighted by Crippen LogP contribution is 2.39. The average molecular weight is 377 g/mol. The minimum Gasteiger partial charge on any atom is -0.493 e. The molecule has 1 fully saturated rings. The maximum atomic E-state index is 12.9. The Balaban J connectivity index is 1.36. The molecule has 1 unspecified atom stereocenters. The zero-order valence-corrected chi connectivity index (χ0v) is 15.5. The number of carbonyl (C=O) groups excluding carboxylic acids is 1. The van der Waals surface area contributed by atoms with E-state index in [-0.39, 0.29) is 30.4 Å². The van der Waals surface area contributed by atoms with Gasteiger partial charge in [0.15, 0.2) is 0 Å². The van der Waals surface area contributed by atoms with Gasteiger partial charge in [-0.25, -0.2) is 0 Å². The molecular weight excluding hydrogens is 354 g/mol. The fraction of sp³-hybridized carbons (Fsp3) is 0.364. The number of aliphatic hydroxyl groups is 1. The quantitative estimate of drug-likeness (QED) is 0.638. The first kappa shape index (κ1) is 17.3. The second-order valence-electron chi connectivity index (χ2n) is 7.79. The Morgan fingerprint density at radius 1 is 1.29 bits per heavy atom. The smallest absolute Gasteiger partial charge is 0.226 e. The highest BCUT2D eigenvalue weighted by atomic mass is 16.5. The predicted octanol–water partition coefficient (Wildman–Crippen LogP) is 2.67. The first-order chi connectivity index (χ1) is 13.7.